The fraction of sp³-hybridized carbons (Fsp3) is 0.333. The van der Waals surface area contributed by atoms with Gasteiger partial charge in [-0.2, -0.15) is 5.10 Å². The van der Waals surface area contributed by atoms with Gasteiger partial charge in [0, 0.05) is 7.05 Å². The van der Waals surface area contributed by atoms with Crippen LogP contribution in [0.4, 0.5) is 5.69 Å². The van der Waals surface area contributed by atoms with Gasteiger partial charge >= 0.3 is 5.69 Å². The molecule has 0 spiro atoms. The molecule has 0 amide bonds. The van der Waals surface area contributed by atoms with Crippen molar-refractivity contribution in [2.24, 2.45) is 7.05 Å². The van der Waals surface area contributed by atoms with Gasteiger partial charge in [-0.05, 0) is 0 Å². The van der Waals surface area contributed by atoms with E-state index in [0.29, 0.717) is 6.29 Å². The minimum absolute atomic E-state index is 0.0167. The number of aromatic nitrogens is 2. The monoisotopic (exact) mass is 169 g/mol. The first-order chi connectivity index (χ1) is 5.65. The summed E-state index contributed by atoms with van der Waals surface area (Å²) >= 11 is 0. The van der Waals surface area contributed by atoms with Gasteiger partial charge in [-0.15, -0.1) is 0 Å². The minimum atomic E-state index is -0.550. The molecule has 0 saturated carbocycles. The lowest BCUT2D eigenvalue weighted by molar-refractivity contribution is -0.385. The molecule has 1 aromatic rings. The van der Waals surface area contributed by atoms with Crippen LogP contribution in [0.15, 0.2) is 6.20 Å². The van der Waals surface area contributed by atoms with E-state index in [1.54, 1.807) is 7.05 Å². The summed E-state index contributed by atoms with van der Waals surface area (Å²) in [5, 5.41) is 14.1. The number of hydrogen-bond acceptors (Lipinski definition) is 4. The molecule has 0 atom stereocenters. The highest BCUT2D eigenvalue weighted by molar-refractivity contribution is 5.56. The number of hydrogen-bond donors (Lipinski definition) is 0. The van der Waals surface area contributed by atoms with E-state index in [9.17, 15) is 14.9 Å². The molecule has 12 heavy (non-hydrogen) atoms. The van der Waals surface area contributed by atoms with Crippen LogP contribution in [0.25, 0.3) is 0 Å². The molecule has 0 bridgehead atoms. The second kappa shape index (κ2) is 3.12. The van der Waals surface area contributed by atoms with Gasteiger partial charge in [-0.1, -0.05) is 0 Å². The zero-order chi connectivity index (χ0) is 9.14. The summed E-state index contributed by atoms with van der Waals surface area (Å²) in [6.45, 7) is 0. The highest BCUT2D eigenvalue weighted by atomic mass is 16.6. The van der Waals surface area contributed by atoms with E-state index in [1.807, 2.05) is 0 Å². The molecule has 0 fully saturated rings. The lowest BCUT2D eigenvalue weighted by atomic mass is 10.3. The normalized spacial score (nSPS) is 9.75. The first-order valence-electron chi connectivity index (χ1n) is 3.25. The maximum absolute atomic E-state index is 10.3. The second-order valence-electron chi connectivity index (χ2n) is 2.26. The van der Waals surface area contributed by atoms with Gasteiger partial charge in [-0.25, -0.2) is 0 Å². The van der Waals surface area contributed by atoms with Gasteiger partial charge in [-0.3, -0.25) is 14.8 Å². The predicted octanol–water partition coefficient (Wildman–Crippen LogP) is 0.0697. The Bertz CT molecular complexity index is 318. The van der Waals surface area contributed by atoms with Crippen LogP contribution >= 0.6 is 0 Å². The van der Waals surface area contributed by atoms with E-state index < -0.39 is 4.92 Å². The number of carbonyl (C=O) groups excluding carboxylic acids is 1. The highest BCUT2D eigenvalue weighted by Gasteiger charge is 2.16. The molecule has 0 N–H and O–H groups in total. The summed E-state index contributed by atoms with van der Waals surface area (Å²) in [5.74, 6) is 0. The van der Waals surface area contributed by atoms with Crippen LogP contribution in [-0.2, 0) is 18.3 Å². The average molecular weight is 169 g/mol. The molecule has 1 heterocycles. The lowest BCUT2D eigenvalue weighted by Gasteiger charge is -1.85. The van der Waals surface area contributed by atoms with Crippen molar-refractivity contribution in [2.45, 2.75) is 6.42 Å². The fourth-order valence-corrected chi connectivity index (χ4v) is 0.899. The third-order valence-electron chi connectivity index (χ3n) is 1.36. The van der Waals surface area contributed by atoms with Crippen molar-refractivity contribution >= 4 is 12.0 Å². The van der Waals surface area contributed by atoms with Crippen molar-refractivity contribution < 1.29 is 9.72 Å². The van der Waals surface area contributed by atoms with Crippen LogP contribution in [0.5, 0.6) is 0 Å². The number of rotatable bonds is 3. The van der Waals surface area contributed by atoms with E-state index in [0.717, 1.165) is 0 Å². The summed E-state index contributed by atoms with van der Waals surface area (Å²) in [5.41, 5.74) is 0.0992. The van der Waals surface area contributed by atoms with Gasteiger partial charge in [0.1, 0.15) is 18.2 Å². The molecule has 0 aromatic carbocycles. The molecule has 0 aliphatic rings. The summed E-state index contributed by atoms with van der Waals surface area (Å²) in [6.07, 6.45) is 1.85. The smallest absolute Gasteiger partial charge is 0.303 e. The van der Waals surface area contributed by atoms with Crippen molar-refractivity contribution in [3.05, 3.63) is 22.0 Å². The van der Waals surface area contributed by atoms with Gasteiger partial charge in [0.2, 0.25) is 0 Å². The molecule has 0 aliphatic carbocycles. The SMILES string of the molecule is Cn1cc([N+](=O)[O-])c(CC=O)n1. The maximum atomic E-state index is 10.3. The standard InChI is InChI=1S/C6H7N3O3/c1-8-4-6(9(11)12)5(7-8)2-3-10/h3-4H,2H2,1H3. The zero-order valence-electron chi connectivity index (χ0n) is 6.43. The molecule has 1 rings (SSSR count). The number of nitrogens with zero attached hydrogens (tertiary/aromatic N) is 3. The Balaban J connectivity index is 3.07. The van der Waals surface area contributed by atoms with E-state index in [1.165, 1.54) is 10.9 Å². The Morgan fingerprint density at radius 3 is 3.00 bits per heavy atom. The van der Waals surface area contributed by atoms with Crippen molar-refractivity contribution in [1.29, 1.82) is 0 Å². The molecule has 1 aromatic heterocycles. The van der Waals surface area contributed by atoms with E-state index in [4.69, 9.17) is 0 Å². The molecule has 0 aliphatic heterocycles. The van der Waals surface area contributed by atoms with Crippen molar-refractivity contribution in [3.8, 4) is 0 Å². The van der Waals surface area contributed by atoms with E-state index in [-0.39, 0.29) is 17.8 Å². The number of aldehydes is 1. The Kier molecular flexibility index (Phi) is 2.18. The number of nitro groups is 1. The topological polar surface area (TPSA) is 78.0 Å². The maximum Gasteiger partial charge on any atom is 0.310 e. The summed E-state index contributed by atoms with van der Waals surface area (Å²) < 4.78 is 1.32. The molecular formula is C6H7N3O3. The van der Waals surface area contributed by atoms with Crippen LogP contribution in [-0.4, -0.2) is 21.0 Å². The molecular weight excluding hydrogens is 162 g/mol. The first-order valence-corrected chi connectivity index (χ1v) is 3.25. The zero-order valence-corrected chi connectivity index (χ0v) is 6.43. The first kappa shape index (κ1) is 8.38. The Labute approximate surface area is 67.9 Å². The second-order valence-corrected chi connectivity index (χ2v) is 2.26. The van der Waals surface area contributed by atoms with Crippen molar-refractivity contribution in [2.75, 3.05) is 0 Å². The van der Waals surface area contributed by atoms with Crippen LogP contribution in [0.2, 0.25) is 0 Å². The summed E-state index contributed by atoms with van der Waals surface area (Å²) in [6, 6.07) is 0. The Hall–Kier alpha value is -1.72. The van der Waals surface area contributed by atoms with Gasteiger partial charge in [0.25, 0.3) is 0 Å². The van der Waals surface area contributed by atoms with Crippen LogP contribution in [0, 0.1) is 10.1 Å². The van der Waals surface area contributed by atoms with Crippen LogP contribution in [0.1, 0.15) is 5.69 Å². The van der Waals surface area contributed by atoms with Crippen molar-refractivity contribution in [3.63, 3.8) is 0 Å². The third kappa shape index (κ3) is 1.47. The third-order valence-corrected chi connectivity index (χ3v) is 1.36. The molecule has 64 valence electrons. The molecule has 0 unspecified atom stereocenters. The molecule has 6 heteroatoms. The average Bonchev–Trinajstić information content (AvgIpc) is 2.32. The molecule has 0 radical (unpaired) electrons. The van der Waals surface area contributed by atoms with Crippen LogP contribution in [0.3, 0.4) is 0 Å². The molecule has 0 saturated heterocycles. The molecule has 6 nitrogen and oxygen atoms in total. The van der Waals surface area contributed by atoms with Gasteiger partial charge in [0.15, 0.2) is 0 Å². The predicted molar refractivity (Wildman–Crippen MR) is 39.6 cm³/mol. The quantitative estimate of drug-likeness (QED) is 0.364. The van der Waals surface area contributed by atoms with Gasteiger partial charge in [0.05, 0.1) is 11.3 Å². The minimum Gasteiger partial charge on any atom is -0.303 e. The highest BCUT2D eigenvalue weighted by Crippen LogP contribution is 2.15. The van der Waals surface area contributed by atoms with Crippen molar-refractivity contribution in [1.82, 2.24) is 9.78 Å². The van der Waals surface area contributed by atoms with Gasteiger partial charge < -0.3 is 4.79 Å². The van der Waals surface area contributed by atoms with Crippen LogP contribution < -0.4 is 0 Å². The summed E-state index contributed by atoms with van der Waals surface area (Å²) in [7, 11) is 1.57. The fourth-order valence-electron chi connectivity index (χ4n) is 0.899. The number of carbonyl (C=O) groups is 1. The Morgan fingerprint density at radius 1 is 1.83 bits per heavy atom. The Morgan fingerprint density at radius 2 is 2.50 bits per heavy atom. The lowest BCUT2D eigenvalue weighted by Crippen LogP contribution is -1.94. The van der Waals surface area contributed by atoms with E-state index >= 15 is 0 Å². The largest absolute Gasteiger partial charge is 0.310 e. The van der Waals surface area contributed by atoms with E-state index in [2.05, 4.69) is 5.10 Å². The summed E-state index contributed by atoms with van der Waals surface area (Å²) in [4.78, 5) is 19.9. The number of aryl methyl sites for hydroxylation is 1.